The minimum absolute atomic E-state index is 0.269. The van der Waals surface area contributed by atoms with Gasteiger partial charge in [-0.15, -0.1) is 0 Å². The average molecular weight is 306 g/mol. The molecule has 2 aromatic carbocycles. The first kappa shape index (κ1) is 14.0. The molecule has 4 rings (SSSR count). The molecule has 1 atom stereocenters. The Balaban J connectivity index is 1.61. The number of oxazole rings is 1. The van der Waals surface area contributed by atoms with E-state index in [1.54, 1.807) is 6.26 Å². The van der Waals surface area contributed by atoms with Gasteiger partial charge < -0.3 is 14.8 Å². The van der Waals surface area contributed by atoms with Crippen molar-refractivity contribution in [2.75, 3.05) is 5.32 Å². The van der Waals surface area contributed by atoms with E-state index in [4.69, 9.17) is 4.42 Å². The van der Waals surface area contributed by atoms with E-state index in [9.17, 15) is 5.11 Å². The summed E-state index contributed by atoms with van der Waals surface area (Å²) in [7, 11) is 0. The van der Waals surface area contributed by atoms with Gasteiger partial charge in [-0.05, 0) is 30.0 Å². The fourth-order valence-corrected chi connectivity index (χ4v) is 3.07. The zero-order valence-electron chi connectivity index (χ0n) is 12.7. The molecule has 0 spiro atoms. The number of fused-ring (bicyclic) bond motifs is 1. The van der Waals surface area contributed by atoms with E-state index < -0.39 is 0 Å². The number of aliphatic hydroxyl groups is 1. The molecular formula is C19H18N2O2. The third-order valence-corrected chi connectivity index (χ3v) is 4.28. The summed E-state index contributed by atoms with van der Waals surface area (Å²) in [5.74, 6) is 0. The number of benzene rings is 2. The van der Waals surface area contributed by atoms with Gasteiger partial charge in [0.1, 0.15) is 12.0 Å². The predicted molar refractivity (Wildman–Crippen MR) is 89.7 cm³/mol. The van der Waals surface area contributed by atoms with Gasteiger partial charge in [-0.1, -0.05) is 42.5 Å². The lowest BCUT2D eigenvalue weighted by molar-refractivity contribution is 0.159. The van der Waals surface area contributed by atoms with Gasteiger partial charge >= 0.3 is 0 Å². The Morgan fingerprint density at radius 2 is 1.96 bits per heavy atom. The third kappa shape index (κ3) is 2.85. The highest BCUT2D eigenvalue weighted by atomic mass is 16.4. The summed E-state index contributed by atoms with van der Waals surface area (Å²) in [6.45, 7) is 0. The quantitative estimate of drug-likeness (QED) is 0.769. The number of nitrogens with one attached hydrogen (secondary N) is 1. The number of aromatic nitrogens is 1. The highest BCUT2D eigenvalue weighted by Gasteiger charge is 2.19. The van der Waals surface area contributed by atoms with Crippen LogP contribution in [0.1, 0.15) is 17.5 Å². The Bertz CT molecular complexity index is 811. The number of rotatable bonds is 3. The fraction of sp³-hybridized carbons (Fsp3) is 0.211. The minimum Gasteiger partial charge on any atom is -0.431 e. The Morgan fingerprint density at radius 3 is 2.83 bits per heavy atom. The van der Waals surface area contributed by atoms with E-state index in [-0.39, 0.29) is 6.10 Å². The Morgan fingerprint density at radius 1 is 1.09 bits per heavy atom. The molecule has 0 radical (unpaired) electrons. The number of hydrogen-bond acceptors (Lipinski definition) is 4. The lowest BCUT2D eigenvalue weighted by Gasteiger charge is -2.23. The molecule has 4 nitrogen and oxygen atoms in total. The number of aryl methyl sites for hydroxylation is 1. The zero-order valence-corrected chi connectivity index (χ0v) is 12.7. The topological polar surface area (TPSA) is 58.3 Å². The SMILES string of the molecule is OC1CCc2cccc(Nc3nc(-c4ccccc4)co3)c2C1. The van der Waals surface area contributed by atoms with Crippen LogP contribution in [0.2, 0.25) is 0 Å². The van der Waals surface area contributed by atoms with Gasteiger partial charge in [-0.3, -0.25) is 0 Å². The van der Waals surface area contributed by atoms with Gasteiger partial charge in [0.2, 0.25) is 0 Å². The van der Waals surface area contributed by atoms with Crippen LogP contribution in [0.5, 0.6) is 0 Å². The average Bonchev–Trinajstić information content (AvgIpc) is 3.05. The predicted octanol–water partition coefficient (Wildman–Crippen LogP) is 3.93. The van der Waals surface area contributed by atoms with E-state index in [0.29, 0.717) is 12.4 Å². The number of anilines is 2. The lowest BCUT2D eigenvalue weighted by Crippen LogP contribution is -2.19. The van der Waals surface area contributed by atoms with Crippen molar-refractivity contribution in [2.24, 2.45) is 0 Å². The van der Waals surface area contributed by atoms with E-state index >= 15 is 0 Å². The molecule has 0 bridgehead atoms. The zero-order chi connectivity index (χ0) is 15.6. The molecule has 3 aromatic rings. The summed E-state index contributed by atoms with van der Waals surface area (Å²) in [6, 6.07) is 16.6. The maximum Gasteiger partial charge on any atom is 0.299 e. The summed E-state index contributed by atoms with van der Waals surface area (Å²) in [4.78, 5) is 4.50. The third-order valence-electron chi connectivity index (χ3n) is 4.28. The van der Waals surface area contributed by atoms with Crippen LogP contribution < -0.4 is 5.32 Å². The molecule has 116 valence electrons. The van der Waals surface area contributed by atoms with Crippen LogP contribution >= 0.6 is 0 Å². The van der Waals surface area contributed by atoms with Gasteiger partial charge in [-0.25, -0.2) is 0 Å². The molecule has 1 aromatic heterocycles. The first-order valence-electron chi connectivity index (χ1n) is 7.86. The molecule has 23 heavy (non-hydrogen) atoms. The van der Waals surface area contributed by atoms with Crippen LogP contribution in [-0.2, 0) is 12.8 Å². The maximum atomic E-state index is 9.93. The second-order valence-corrected chi connectivity index (χ2v) is 5.87. The van der Waals surface area contributed by atoms with Crippen molar-refractivity contribution >= 4 is 11.7 Å². The molecule has 2 N–H and O–H groups in total. The highest BCUT2D eigenvalue weighted by Crippen LogP contribution is 2.30. The van der Waals surface area contributed by atoms with Gasteiger partial charge in [0, 0.05) is 17.7 Å². The molecule has 1 aliphatic rings. The Kier molecular flexibility index (Phi) is 3.60. The van der Waals surface area contributed by atoms with Crippen molar-refractivity contribution in [1.82, 2.24) is 4.98 Å². The second kappa shape index (κ2) is 5.89. The monoisotopic (exact) mass is 306 g/mol. The van der Waals surface area contributed by atoms with Crippen molar-refractivity contribution in [3.63, 3.8) is 0 Å². The molecule has 0 saturated carbocycles. The fourth-order valence-electron chi connectivity index (χ4n) is 3.07. The van der Waals surface area contributed by atoms with Gasteiger partial charge in [0.25, 0.3) is 6.01 Å². The Labute approximate surface area is 134 Å². The van der Waals surface area contributed by atoms with Crippen molar-refractivity contribution in [3.8, 4) is 11.3 Å². The summed E-state index contributed by atoms with van der Waals surface area (Å²) >= 11 is 0. The van der Waals surface area contributed by atoms with Crippen molar-refractivity contribution in [1.29, 1.82) is 0 Å². The lowest BCUT2D eigenvalue weighted by atomic mass is 9.88. The number of hydrogen-bond donors (Lipinski definition) is 2. The highest BCUT2D eigenvalue weighted by molar-refractivity contribution is 5.64. The summed E-state index contributed by atoms with van der Waals surface area (Å²) < 4.78 is 5.56. The van der Waals surface area contributed by atoms with Crippen LogP contribution in [0.25, 0.3) is 11.3 Å². The summed E-state index contributed by atoms with van der Waals surface area (Å²) in [5.41, 5.74) is 5.23. The molecule has 4 heteroatoms. The van der Waals surface area contributed by atoms with Gasteiger partial charge in [0.15, 0.2) is 0 Å². The molecule has 0 fully saturated rings. The molecule has 1 unspecified atom stereocenters. The van der Waals surface area contributed by atoms with Crippen LogP contribution in [0.15, 0.2) is 59.2 Å². The summed E-state index contributed by atoms with van der Waals surface area (Å²) in [5, 5.41) is 13.2. The number of aliphatic hydroxyl groups excluding tert-OH is 1. The van der Waals surface area contributed by atoms with Crippen molar-refractivity contribution in [3.05, 3.63) is 65.9 Å². The van der Waals surface area contributed by atoms with Crippen molar-refractivity contribution < 1.29 is 9.52 Å². The van der Waals surface area contributed by atoms with E-state index in [1.165, 1.54) is 5.56 Å². The normalized spacial score (nSPS) is 16.8. The molecule has 0 amide bonds. The van der Waals surface area contributed by atoms with E-state index in [2.05, 4.69) is 16.4 Å². The molecule has 0 aliphatic heterocycles. The molecule has 1 heterocycles. The van der Waals surface area contributed by atoms with Crippen LogP contribution in [0.3, 0.4) is 0 Å². The smallest absolute Gasteiger partial charge is 0.299 e. The molecular weight excluding hydrogens is 288 g/mol. The Hall–Kier alpha value is -2.59. The molecule has 0 saturated heterocycles. The first-order chi connectivity index (χ1) is 11.3. The van der Waals surface area contributed by atoms with Gasteiger partial charge in [0.05, 0.1) is 6.10 Å². The number of nitrogens with zero attached hydrogens (tertiary/aromatic N) is 1. The maximum absolute atomic E-state index is 9.93. The summed E-state index contributed by atoms with van der Waals surface area (Å²) in [6.07, 6.45) is 3.79. The largest absolute Gasteiger partial charge is 0.431 e. The van der Waals surface area contributed by atoms with E-state index in [1.807, 2.05) is 42.5 Å². The van der Waals surface area contributed by atoms with Crippen LogP contribution in [0.4, 0.5) is 11.7 Å². The standard InChI is InChI=1S/C19H18N2O2/c22-15-10-9-13-7-4-8-17(16(13)11-15)20-19-21-18(12-23-19)14-5-2-1-3-6-14/h1-8,12,15,22H,9-11H2,(H,20,21). The minimum atomic E-state index is -0.269. The first-order valence-corrected chi connectivity index (χ1v) is 7.86. The van der Waals surface area contributed by atoms with Gasteiger partial charge in [-0.2, -0.15) is 4.98 Å². The van der Waals surface area contributed by atoms with Crippen LogP contribution in [-0.4, -0.2) is 16.2 Å². The van der Waals surface area contributed by atoms with Crippen molar-refractivity contribution in [2.45, 2.75) is 25.4 Å². The molecule has 1 aliphatic carbocycles. The van der Waals surface area contributed by atoms with Crippen LogP contribution in [0, 0.1) is 0 Å². The van der Waals surface area contributed by atoms with E-state index in [0.717, 1.165) is 35.3 Å². The second-order valence-electron chi connectivity index (χ2n) is 5.87.